The number of alkyl halides is 2. The van der Waals surface area contributed by atoms with Crippen molar-refractivity contribution in [1.29, 1.82) is 0 Å². The van der Waals surface area contributed by atoms with Gasteiger partial charge in [-0.05, 0) is 12.1 Å². The van der Waals surface area contributed by atoms with Gasteiger partial charge in [-0.15, -0.1) is 11.3 Å². The average Bonchev–Trinajstić information content (AvgIpc) is 2.47. The zero-order chi connectivity index (χ0) is 10.3. The Morgan fingerprint density at radius 1 is 1.36 bits per heavy atom. The van der Waals surface area contributed by atoms with Crippen molar-refractivity contribution in [3.05, 3.63) is 28.0 Å². The lowest BCUT2D eigenvalue weighted by molar-refractivity contribution is 0.151. The van der Waals surface area contributed by atoms with Gasteiger partial charge in [0, 0.05) is 0 Å². The molecule has 0 fully saturated rings. The summed E-state index contributed by atoms with van der Waals surface area (Å²) in [6.07, 6.45) is -2.65. The third-order valence-electron chi connectivity index (χ3n) is 1.62. The van der Waals surface area contributed by atoms with E-state index in [0.29, 0.717) is 4.70 Å². The molecule has 1 heterocycles. The van der Waals surface area contributed by atoms with E-state index in [9.17, 15) is 13.2 Å². The van der Waals surface area contributed by atoms with Gasteiger partial charge >= 0.3 is 0 Å². The maximum atomic E-state index is 12.8. The predicted molar refractivity (Wildman–Crippen MR) is 49.5 cm³/mol. The Morgan fingerprint density at radius 2 is 2.07 bits per heavy atom. The molecule has 0 aliphatic heterocycles. The summed E-state index contributed by atoms with van der Waals surface area (Å²) < 4.78 is 37.7. The second-order valence-electron chi connectivity index (χ2n) is 2.59. The maximum Gasteiger partial charge on any atom is 0.289 e. The summed E-state index contributed by atoms with van der Waals surface area (Å²) in [6, 6.07) is 2.20. The number of benzene rings is 1. The molecule has 74 valence electrons. The van der Waals surface area contributed by atoms with Gasteiger partial charge in [0.2, 0.25) is 0 Å². The zero-order valence-electron chi connectivity index (χ0n) is 6.60. The second-order valence-corrected chi connectivity index (χ2v) is 4.06. The van der Waals surface area contributed by atoms with E-state index in [2.05, 4.69) is 4.98 Å². The molecule has 2 aromatic rings. The minimum absolute atomic E-state index is 0.0585. The van der Waals surface area contributed by atoms with Crippen LogP contribution in [-0.2, 0) is 0 Å². The van der Waals surface area contributed by atoms with Crippen molar-refractivity contribution in [1.82, 2.24) is 4.98 Å². The predicted octanol–water partition coefficient (Wildman–Crippen LogP) is 4.03. The van der Waals surface area contributed by atoms with Crippen molar-refractivity contribution in [3.63, 3.8) is 0 Å². The Hall–Kier alpha value is -0.810. The first-order valence-electron chi connectivity index (χ1n) is 3.61. The molecule has 6 heteroatoms. The van der Waals surface area contributed by atoms with Crippen LogP contribution in [0.5, 0.6) is 0 Å². The highest BCUT2D eigenvalue weighted by Crippen LogP contribution is 2.33. The molecule has 1 aromatic heterocycles. The molecule has 14 heavy (non-hydrogen) atoms. The van der Waals surface area contributed by atoms with Crippen LogP contribution in [0.2, 0.25) is 5.02 Å². The molecule has 0 bridgehead atoms. The summed E-state index contributed by atoms with van der Waals surface area (Å²) in [6.45, 7) is 0. The SMILES string of the molecule is Fc1cc(Cl)c2nc(C(F)F)sc2c1. The first-order valence-corrected chi connectivity index (χ1v) is 4.81. The Balaban J connectivity index is 2.70. The van der Waals surface area contributed by atoms with Gasteiger partial charge < -0.3 is 0 Å². The number of fused-ring (bicyclic) bond motifs is 1. The smallest absolute Gasteiger partial charge is 0.233 e. The Morgan fingerprint density at radius 3 is 2.71 bits per heavy atom. The van der Waals surface area contributed by atoms with E-state index >= 15 is 0 Å². The van der Waals surface area contributed by atoms with Crippen LogP contribution < -0.4 is 0 Å². The number of rotatable bonds is 1. The molecule has 0 aliphatic rings. The normalized spacial score (nSPS) is 11.5. The summed E-state index contributed by atoms with van der Waals surface area (Å²) in [5.41, 5.74) is 0.230. The summed E-state index contributed by atoms with van der Waals surface area (Å²) in [5, 5.41) is -0.282. The molecular weight excluding hydrogens is 235 g/mol. The lowest BCUT2D eigenvalue weighted by atomic mass is 10.3. The highest BCUT2D eigenvalue weighted by molar-refractivity contribution is 7.18. The van der Waals surface area contributed by atoms with Crippen LogP contribution >= 0.6 is 22.9 Å². The fourth-order valence-electron chi connectivity index (χ4n) is 1.07. The zero-order valence-corrected chi connectivity index (χ0v) is 8.17. The fourth-order valence-corrected chi connectivity index (χ4v) is 2.25. The molecule has 0 atom stereocenters. The Kier molecular flexibility index (Phi) is 2.36. The van der Waals surface area contributed by atoms with Gasteiger partial charge in [0.25, 0.3) is 6.43 Å². The highest BCUT2D eigenvalue weighted by atomic mass is 35.5. The Labute approximate surface area is 86.1 Å². The minimum Gasteiger partial charge on any atom is -0.233 e. The van der Waals surface area contributed by atoms with E-state index in [-0.39, 0.29) is 15.5 Å². The Bertz CT molecular complexity index is 483. The molecule has 0 amide bonds. The first kappa shape index (κ1) is 9.73. The number of halogens is 4. The third kappa shape index (κ3) is 1.57. The van der Waals surface area contributed by atoms with E-state index in [0.717, 1.165) is 23.5 Å². The average molecular weight is 238 g/mol. The number of hydrogen-bond acceptors (Lipinski definition) is 2. The van der Waals surface area contributed by atoms with Crippen LogP contribution in [0.3, 0.4) is 0 Å². The lowest BCUT2D eigenvalue weighted by Crippen LogP contribution is -1.80. The molecule has 0 radical (unpaired) electrons. The van der Waals surface area contributed by atoms with Crippen molar-refractivity contribution >= 4 is 33.2 Å². The quantitative estimate of drug-likeness (QED) is 0.730. The summed E-state index contributed by atoms with van der Waals surface area (Å²) in [7, 11) is 0. The summed E-state index contributed by atoms with van der Waals surface area (Å²) >= 11 is 6.39. The van der Waals surface area contributed by atoms with E-state index < -0.39 is 12.2 Å². The number of hydrogen-bond donors (Lipinski definition) is 0. The van der Waals surface area contributed by atoms with Crippen LogP contribution in [0.1, 0.15) is 11.4 Å². The molecule has 0 N–H and O–H groups in total. The second kappa shape index (κ2) is 3.40. The number of thiazole rings is 1. The fraction of sp³-hybridized carbons (Fsp3) is 0.125. The van der Waals surface area contributed by atoms with Gasteiger partial charge in [0.05, 0.1) is 9.72 Å². The van der Waals surface area contributed by atoms with E-state index in [1.54, 1.807) is 0 Å². The van der Waals surface area contributed by atoms with Crippen molar-refractivity contribution in [2.45, 2.75) is 6.43 Å². The van der Waals surface area contributed by atoms with Crippen molar-refractivity contribution in [3.8, 4) is 0 Å². The molecule has 0 saturated carbocycles. The maximum absolute atomic E-state index is 12.8. The molecule has 0 aliphatic carbocycles. The van der Waals surface area contributed by atoms with Crippen LogP contribution in [0.15, 0.2) is 12.1 Å². The molecule has 1 aromatic carbocycles. The van der Waals surface area contributed by atoms with Gasteiger partial charge in [-0.25, -0.2) is 18.2 Å². The minimum atomic E-state index is -2.65. The lowest BCUT2D eigenvalue weighted by Gasteiger charge is -1.91. The summed E-state index contributed by atoms with van der Waals surface area (Å²) in [5.74, 6) is -0.549. The molecular formula is C8H3ClF3NS. The summed E-state index contributed by atoms with van der Waals surface area (Å²) in [4.78, 5) is 3.62. The van der Waals surface area contributed by atoms with E-state index in [4.69, 9.17) is 11.6 Å². The van der Waals surface area contributed by atoms with Gasteiger partial charge in [-0.3, -0.25) is 0 Å². The van der Waals surface area contributed by atoms with Crippen LogP contribution in [0.4, 0.5) is 13.2 Å². The highest BCUT2D eigenvalue weighted by Gasteiger charge is 2.15. The van der Waals surface area contributed by atoms with Crippen LogP contribution in [0.25, 0.3) is 10.2 Å². The van der Waals surface area contributed by atoms with Gasteiger partial charge in [0.1, 0.15) is 11.3 Å². The van der Waals surface area contributed by atoms with Gasteiger partial charge in [0.15, 0.2) is 5.01 Å². The standard InChI is InChI=1S/C8H3ClF3NS/c9-4-1-3(10)2-5-6(4)13-8(14-5)7(11)12/h1-2,7H. The topological polar surface area (TPSA) is 12.9 Å². The molecule has 0 spiro atoms. The first-order chi connectivity index (χ1) is 6.58. The molecule has 0 saturated heterocycles. The number of aromatic nitrogens is 1. The molecule has 1 nitrogen and oxygen atoms in total. The van der Waals surface area contributed by atoms with Crippen LogP contribution in [-0.4, -0.2) is 4.98 Å². The largest absolute Gasteiger partial charge is 0.289 e. The molecule has 2 rings (SSSR count). The van der Waals surface area contributed by atoms with Crippen LogP contribution in [0, 0.1) is 5.82 Å². The van der Waals surface area contributed by atoms with E-state index in [1.807, 2.05) is 0 Å². The van der Waals surface area contributed by atoms with Gasteiger partial charge in [-0.1, -0.05) is 11.6 Å². The third-order valence-corrected chi connectivity index (χ3v) is 2.91. The molecule has 0 unspecified atom stereocenters. The van der Waals surface area contributed by atoms with Crippen molar-refractivity contribution in [2.24, 2.45) is 0 Å². The van der Waals surface area contributed by atoms with E-state index in [1.165, 1.54) is 0 Å². The number of nitrogens with zero attached hydrogens (tertiary/aromatic N) is 1. The van der Waals surface area contributed by atoms with Gasteiger partial charge in [-0.2, -0.15) is 0 Å². The van der Waals surface area contributed by atoms with Crippen molar-refractivity contribution < 1.29 is 13.2 Å². The van der Waals surface area contributed by atoms with Crippen molar-refractivity contribution in [2.75, 3.05) is 0 Å². The monoisotopic (exact) mass is 237 g/mol.